The Morgan fingerprint density at radius 1 is 1.00 bits per heavy atom. The predicted molar refractivity (Wildman–Crippen MR) is 102 cm³/mol. The van der Waals surface area contributed by atoms with Gasteiger partial charge in [0.2, 0.25) is 0 Å². The number of sulfone groups is 1. The molecular formula is C20H24N2O3S. The largest absolute Gasteiger partial charge is 0.336 e. The molecule has 1 aliphatic heterocycles. The van der Waals surface area contributed by atoms with Crippen LogP contribution in [0.3, 0.4) is 0 Å². The van der Waals surface area contributed by atoms with Gasteiger partial charge in [-0.25, -0.2) is 8.42 Å². The molecule has 1 saturated heterocycles. The lowest BCUT2D eigenvalue weighted by Gasteiger charge is -2.35. The first-order chi connectivity index (χ1) is 12.3. The van der Waals surface area contributed by atoms with Crippen molar-refractivity contribution in [2.75, 3.05) is 32.4 Å². The second kappa shape index (κ2) is 7.60. The summed E-state index contributed by atoms with van der Waals surface area (Å²) in [6.45, 7) is 5.63. The number of hydrogen-bond donors (Lipinski definition) is 0. The van der Waals surface area contributed by atoms with Crippen LogP contribution < -0.4 is 0 Å². The van der Waals surface area contributed by atoms with E-state index in [2.05, 4.69) is 17.0 Å². The normalized spacial score (nSPS) is 15.8. The van der Waals surface area contributed by atoms with Crippen LogP contribution >= 0.6 is 0 Å². The number of aryl methyl sites for hydroxylation is 1. The first-order valence-corrected chi connectivity index (χ1v) is 10.6. The van der Waals surface area contributed by atoms with E-state index in [4.69, 9.17) is 0 Å². The minimum absolute atomic E-state index is 0.0904. The monoisotopic (exact) mass is 372 g/mol. The average Bonchev–Trinajstić information content (AvgIpc) is 2.62. The van der Waals surface area contributed by atoms with Crippen LogP contribution in [0.4, 0.5) is 0 Å². The molecule has 1 fully saturated rings. The van der Waals surface area contributed by atoms with E-state index in [0.29, 0.717) is 18.7 Å². The van der Waals surface area contributed by atoms with Gasteiger partial charge in [0, 0.05) is 44.5 Å². The van der Waals surface area contributed by atoms with Crippen LogP contribution in [0.25, 0.3) is 0 Å². The maximum Gasteiger partial charge on any atom is 0.254 e. The fourth-order valence-electron chi connectivity index (χ4n) is 3.18. The number of piperazine rings is 1. The number of amides is 1. The van der Waals surface area contributed by atoms with E-state index in [1.165, 1.54) is 11.6 Å². The number of nitrogens with zero attached hydrogens (tertiary/aromatic N) is 2. The van der Waals surface area contributed by atoms with Gasteiger partial charge in [-0.05, 0) is 30.2 Å². The van der Waals surface area contributed by atoms with Gasteiger partial charge >= 0.3 is 0 Å². The van der Waals surface area contributed by atoms with E-state index in [0.717, 1.165) is 31.5 Å². The first-order valence-electron chi connectivity index (χ1n) is 8.71. The van der Waals surface area contributed by atoms with Gasteiger partial charge in [0.15, 0.2) is 9.84 Å². The molecule has 2 aromatic carbocycles. The second-order valence-corrected chi connectivity index (χ2v) is 8.82. The highest BCUT2D eigenvalue weighted by atomic mass is 32.2. The van der Waals surface area contributed by atoms with Gasteiger partial charge in [-0.1, -0.05) is 36.4 Å². The highest BCUT2D eigenvalue weighted by Crippen LogP contribution is 2.19. The number of rotatable bonds is 4. The van der Waals surface area contributed by atoms with Gasteiger partial charge in [0.05, 0.1) is 4.90 Å². The molecule has 1 amide bonds. The highest BCUT2D eigenvalue weighted by molar-refractivity contribution is 7.90. The minimum atomic E-state index is -3.33. The second-order valence-electron chi connectivity index (χ2n) is 6.80. The molecule has 138 valence electrons. The van der Waals surface area contributed by atoms with Crippen LogP contribution in [0.1, 0.15) is 21.5 Å². The number of carbonyl (C=O) groups is 1. The van der Waals surface area contributed by atoms with Crippen LogP contribution in [-0.2, 0) is 16.4 Å². The molecule has 0 N–H and O–H groups in total. The molecule has 0 bridgehead atoms. The zero-order valence-electron chi connectivity index (χ0n) is 15.2. The summed E-state index contributed by atoms with van der Waals surface area (Å²) in [5.41, 5.74) is 2.54. The third kappa shape index (κ3) is 4.31. The summed E-state index contributed by atoms with van der Waals surface area (Å²) in [6, 6.07) is 15.1. The van der Waals surface area contributed by atoms with Crippen molar-refractivity contribution in [3.8, 4) is 0 Å². The quantitative estimate of drug-likeness (QED) is 0.827. The van der Waals surface area contributed by atoms with Crippen molar-refractivity contribution in [2.45, 2.75) is 18.4 Å². The van der Waals surface area contributed by atoms with Crippen molar-refractivity contribution in [2.24, 2.45) is 0 Å². The molecule has 26 heavy (non-hydrogen) atoms. The molecule has 1 heterocycles. The van der Waals surface area contributed by atoms with Crippen LogP contribution in [0.15, 0.2) is 53.4 Å². The summed E-state index contributed by atoms with van der Waals surface area (Å²) in [7, 11) is -3.33. The summed E-state index contributed by atoms with van der Waals surface area (Å²) >= 11 is 0. The highest BCUT2D eigenvalue weighted by Gasteiger charge is 2.24. The Bertz CT molecular complexity index is 887. The number of benzene rings is 2. The molecule has 0 radical (unpaired) electrons. The molecule has 2 aromatic rings. The fourth-order valence-corrected chi connectivity index (χ4v) is 3.83. The minimum Gasteiger partial charge on any atom is -0.336 e. The van der Waals surface area contributed by atoms with E-state index < -0.39 is 9.84 Å². The maximum atomic E-state index is 12.9. The number of hydrogen-bond acceptors (Lipinski definition) is 4. The zero-order valence-corrected chi connectivity index (χ0v) is 16.0. The molecule has 0 saturated carbocycles. The van der Waals surface area contributed by atoms with E-state index in [1.807, 2.05) is 30.0 Å². The molecule has 0 unspecified atom stereocenters. The Morgan fingerprint density at radius 2 is 1.65 bits per heavy atom. The van der Waals surface area contributed by atoms with E-state index in [1.54, 1.807) is 12.1 Å². The van der Waals surface area contributed by atoms with E-state index in [-0.39, 0.29) is 10.8 Å². The molecule has 1 aliphatic rings. The van der Waals surface area contributed by atoms with Crippen molar-refractivity contribution in [1.82, 2.24) is 9.80 Å². The van der Waals surface area contributed by atoms with Gasteiger partial charge < -0.3 is 4.90 Å². The molecule has 6 heteroatoms. The van der Waals surface area contributed by atoms with Crippen LogP contribution in [-0.4, -0.2) is 56.6 Å². The molecule has 0 aromatic heterocycles. The van der Waals surface area contributed by atoms with Crippen LogP contribution in [0, 0.1) is 6.92 Å². The topological polar surface area (TPSA) is 57.7 Å². The third-order valence-corrected chi connectivity index (χ3v) is 5.89. The molecule has 0 atom stereocenters. The van der Waals surface area contributed by atoms with Gasteiger partial charge in [0.25, 0.3) is 5.91 Å². The lowest BCUT2D eigenvalue weighted by molar-refractivity contribution is 0.0627. The standard InChI is InChI=1S/C20H24N2O3S/c1-16-8-9-18(26(2,24)25)14-19(16)20(23)22-12-10-21(11-13-22)15-17-6-4-3-5-7-17/h3-9,14H,10-13,15H2,1-2H3. The van der Waals surface area contributed by atoms with Crippen LogP contribution in [0.2, 0.25) is 0 Å². The Kier molecular flexibility index (Phi) is 5.44. The SMILES string of the molecule is Cc1ccc(S(C)(=O)=O)cc1C(=O)N1CCN(Cc2ccccc2)CC1. The van der Waals surface area contributed by atoms with Gasteiger partial charge in [-0.15, -0.1) is 0 Å². The number of carbonyl (C=O) groups excluding carboxylic acids is 1. The molecule has 5 nitrogen and oxygen atoms in total. The lowest BCUT2D eigenvalue weighted by Crippen LogP contribution is -2.48. The summed E-state index contributed by atoms with van der Waals surface area (Å²) in [6.07, 6.45) is 1.16. The Hall–Kier alpha value is -2.18. The predicted octanol–water partition coefficient (Wildman–Crippen LogP) is 2.36. The lowest BCUT2D eigenvalue weighted by atomic mass is 10.1. The van der Waals surface area contributed by atoms with Crippen molar-refractivity contribution in [3.05, 3.63) is 65.2 Å². The fraction of sp³-hybridized carbons (Fsp3) is 0.350. The summed E-state index contributed by atoms with van der Waals surface area (Å²) in [5.74, 6) is -0.0904. The first kappa shape index (κ1) is 18.6. The summed E-state index contributed by atoms with van der Waals surface area (Å²) in [5, 5.41) is 0. The summed E-state index contributed by atoms with van der Waals surface area (Å²) in [4.78, 5) is 17.2. The zero-order chi connectivity index (χ0) is 18.7. The molecule has 3 rings (SSSR count). The third-order valence-electron chi connectivity index (χ3n) is 4.78. The van der Waals surface area contributed by atoms with E-state index in [9.17, 15) is 13.2 Å². The Labute approximate surface area is 155 Å². The van der Waals surface area contributed by atoms with Gasteiger partial charge in [0.1, 0.15) is 0 Å². The Balaban J connectivity index is 1.67. The molecule has 0 aliphatic carbocycles. The van der Waals surface area contributed by atoms with Crippen molar-refractivity contribution >= 4 is 15.7 Å². The molecular weight excluding hydrogens is 348 g/mol. The van der Waals surface area contributed by atoms with Crippen molar-refractivity contribution < 1.29 is 13.2 Å². The smallest absolute Gasteiger partial charge is 0.254 e. The van der Waals surface area contributed by atoms with Gasteiger partial charge in [-0.3, -0.25) is 9.69 Å². The van der Waals surface area contributed by atoms with Gasteiger partial charge in [-0.2, -0.15) is 0 Å². The Morgan fingerprint density at radius 3 is 2.27 bits per heavy atom. The average molecular weight is 372 g/mol. The van der Waals surface area contributed by atoms with Crippen molar-refractivity contribution in [1.29, 1.82) is 0 Å². The maximum absolute atomic E-state index is 12.9. The van der Waals surface area contributed by atoms with Crippen LogP contribution in [0.5, 0.6) is 0 Å². The van der Waals surface area contributed by atoms with E-state index >= 15 is 0 Å². The van der Waals surface area contributed by atoms with Crippen molar-refractivity contribution in [3.63, 3.8) is 0 Å². The summed E-state index contributed by atoms with van der Waals surface area (Å²) < 4.78 is 23.6. The molecule has 0 spiro atoms.